The van der Waals surface area contributed by atoms with Crippen LogP contribution in [0.5, 0.6) is 0 Å². The first-order valence-corrected chi connectivity index (χ1v) is 6.92. The van der Waals surface area contributed by atoms with Gasteiger partial charge in [0, 0.05) is 23.1 Å². The normalized spacial score (nSPS) is 14.5. The number of carbonyl (C=O) groups is 1. The number of nitrogens with one attached hydrogen (secondary N) is 2. The molecule has 2 aromatic carbocycles. The summed E-state index contributed by atoms with van der Waals surface area (Å²) in [7, 11) is 0. The summed E-state index contributed by atoms with van der Waals surface area (Å²) in [5.74, 6) is -0.0826. The van der Waals surface area contributed by atoms with Crippen LogP contribution in [0.2, 0.25) is 0 Å². The molecule has 0 saturated carbocycles. The summed E-state index contributed by atoms with van der Waals surface area (Å²) in [6.45, 7) is 4.14. The maximum absolute atomic E-state index is 12.5. The summed E-state index contributed by atoms with van der Waals surface area (Å²) in [6, 6.07) is 11.5. The van der Waals surface area contributed by atoms with E-state index in [1.54, 1.807) is 6.08 Å². The summed E-state index contributed by atoms with van der Waals surface area (Å²) in [5.41, 5.74) is 4.63. The van der Waals surface area contributed by atoms with Gasteiger partial charge in [-0.05, 0) is 17.6 Å². The lowest BCUT2D eigenvalue weighted by molar-refractivity contribution is 0.106. The Bertz CT molecular complexity index is 790. The predicted molar refractivity (Wildman–Crippen MR) is 88.7 cm³/mol. The maximum Gasteiger partial charge on any atom is 0.214 e. The van der Waals surface area contributed by atoms with Crippen molar-refractivity contribution < 1.29 is 4.79 Å². The van der Waals surface area contributed by atoms with Crippen LogP contribution in [-0.4, -0.2) is 23.2 Å². The van der Waals surface area contributed by atoms with Crippen molar-refractivity contribution >= 4 is 39.6 Å². The fourth-order valence-corrected chi connectivity index (χ4v) is 2.53. The predicted octanol–water partition coefficient (Wildman–Crippen LogP) is 2.39. The molecular weight excluding hydrogens is 282 g/mol. The van der Waals surface area contributed by atoms with Gasteiger partial charge in [0.25, 0.3) is 0 Å². The van der Waals surface area contributed by atoms with Crippen LogP contribution in [0, 0.1) is 0 Å². The average Bonchev–Trinajstić information content (AvgIpc) is 2.78. The van der Waals surface area contributed by atoms with Gasteiger partial charge in [0.15, 0.2) is 5.11 Å². The molecule has 0 spiro atoms. The van der Waals surface area contributed by atoms with E-state index in [4.69, 9.17) is 12.2 Å². The molecule has 2 N–H and O–H groups in total. The van der Waals surface area contributed by atoms with Crippen LogP contribution in [0.3, 0.4) is 0 Å². The van der Waals surface area contributed by atoms with E-state index in [0.717, 1.165) is 16.3 Å². The first kappa shape index (κ1) is 13.5. The summed E-state index contributed by atoms with van der Waals surface area (Å²) in [5, 5.41) is 9.43. The second-order valence-corrected chi connectivity index (χ2v) is 5.02. The molecule has 0 atom stereocenters. The molecule has 1 aliphatic rings. The van der Waals surface area contributed by atoms with E-state index in [2.05, 4.69) is 22.4 Å². The third-order valence-corrected chi connectivity index (χ3v) is 3.53. The van der Waals surface area contributed by atoms with Crippen LogP contribution in [-0.2, 0) is 0 Å². The van der Waals surface area contributed by atoms with Crippen molar-refractivity contribution in [3.63, 3.8) is 0 Å². The van der Waals surface area contributed by atoms with Gasteiger partial charge in [0.2, 0.25) is 5.78 Å². The fraction of sp³-hybridized carbons (Fsp3) is 0.0625. The number of Topliss-reactive ketones (excluding diaryl/α,β-unsaturated/α-hetero) is 1. The Morgan fingerprint density at radius 2 is 1.95 bits per heavy atom. The van der Waals surface area contributed by atoms with E-state index < -0.39 is 0 Å². The van der Waals surface area contributed by atoms with Crippen molar-refractivity contribution in [2.75, 3.05) is 6.54 Å². The zero-order chi connectivity index (χ0) is 14.8. The van der Waals surface area contributed by atoms with Crippen LogP contribution in [0.4, 0.5) is 0 Å². The molecule has 0 amide bonds. The smallest absolute Gasteiger partial charge is 0.214 e. The van der Waals surface area contributed by atoms with E-state index >= 15 is 0 Å². The number of benzene rings is 2. The van der Waals surface area contributed by atoms with Crippen molar-refractivity contribution in [1.82, 2.24) is 10.7 Å². The number of hydrogen-bond acceptors (Lipinski definition) is 3. The van der Waals surface area contributed by atoms with Gasteiger partial charge < -0.3 is 5.32 Å². The summed E-state index contributed by atoms with van der Waals surface area (Å²) in [6.07, 6.45) is 1.69. The number of ketones is 1. The highest BCUT2D eigenvalue weighted by atomic mass is 32.1. The van der Waals surface area contributed by atoms with Crippen molar-refractivity contribution in [2.24, 2.45) is 5.10 Å². The van der Waals surface area contributed by atoms with E-state index in [-0.39, 0.29) is 5.78 Å². The van der Waals surface area contributed by atoms with Gasteiger partial charge in [0.05, 0.1) is 0 Å². The first-order chi connectivity index (χ1) is 10.2. The molecular formula is C16H13N3OS. The number of hydrazone groups is 1. The lowest BCUT2D eigenvalue weighted by Gasteiger charge is -2.05. The topological polar surface area (TPSA) is 53.5 Å². The quantitative estimate of drug-likeness (QED) is 0.519. The van der Waals surface area contributed by atoms with Crippen molar-refractivity contribution in [2.45, 2.75) is 0 Å². The molecule has 2 aromatic rings. The van der Waals surface area contributed by atoms with Crippen LogP contribution in [0.1, 0.15) is 15.9 Å². The molecule has 0 heterocycles. The minimum absolute atomic E-state index is 0.0826. The molecule has 4 nitrogen and oxygen atoms in total. The number of carbonyl (C=O) groups excluding carboxylic acids is 1. The molecule has 0 saturated heterocycles. The largest absolute Gasteiger partial charge is 0.358 e. The zero-order valence-electron chi connectivity index (χ0n) is 11.2. The van der Waals surface area contributed by atoms with Gasteiger partial charge in [-0.15, -0.1) is 6.58 Å². The van der Waals surface area contributed by atoms with Crippen LogP contribution < -0.4 is 10.7 Å². The van der Waals surface area contributed by atoms with E-state index in [0.29, 0.717) is 22.9 Å². The molecule has 21 heavy (non-hydrogen) atoms. The number of hydrogen-bond donors (Lipinski definition) is 2. The maximum atomic E-state index is 12.5. The molecule has 3 rings (SSSR count). The van der Waals surface area contributed by atoms with Crippen molar-refractivity contribution in [1.29, 1.82) is 0 Å². The fourth-order valence-electron chi connectivity index (χ4n) is 2.40. The number of thiocarbonyl (C=S) groups is 1. The van der Waals surface area contributed by atoms with Gasteiger partial charge in [0.1, 0.15) is 5.71 Å². The Kier molecular flexibility index (Phi) is 3.50. The molecule has 0 fully saturated rings. The molecule has 1 aliphatic carbocycles. The summed E-state index contributed by atoms with van der Waals surface area (Å²) >= 11 is 5.07. The summed E-state index contributed by atoms with van der Waals surface area (Å²) < 4.78 is 0. The first-order valence-electron chi connectivity index (χ1n) is 6.51. The second-order valence-electron chi connectivity index (χ2n) is 4.61. The van der Waals surface area contributed by atoms with E-state index in [1.807, 2.05) is 36.4 Å². The molecule has 0 aliphatic heterocycles. The Balaban J connectivity index is 1.96. The monoisotopic (exact) mass is 295 g/mol. The van der Waals surface area contributed by atoms with Gasteiger partial charge in [-0.25, -0.2) is 0 Å². The van der Waals surface area contributed by atoms with E-state index in [9.17, 15) is 4.79 Å². The lowest BCUT2D eigenvalue weighted by atomic mass is 10.1. The summed E-state index contributed by atoms with van der Waals surface area (Å²) in [4.78, 5) is 12.5. The van der Waals surface area contributed by atoms with E-state index in [1.165, 1.54) is 0 Å². The molecule has 0 aromatic heterocycles. The third-order valence-electron chi connectivity index (χ3n) is 3.30. The van der Waals surface area contributed by atoms with Crippen LogP contribution in [0.25, 0.3) is 10.8 Å². The van der Waals surface area contributed by atoms with Gasteiger partial charge in [-0.2, -0.15) is 5.10 Å². The molecule has 5 heteroatoms. The van der Waals surface area contributed by atoms with Crippen molar-refractivity contribution in [3.05, 3.63) is 60.2 Å². The number of rotatable bonds is 3. The second kappa shape index (κ2) is 5.46. The zero-order valence-corrected chi connectivity index (χ0v) is 12.0. The Hall–Kier alpha value is -2.53. The Morgan fingerprint density at radius 3 is 2.67 bits per heavy atom. The standard InChI is InChI=1S/C16H13N3OS/c1-2-9-17-16(21)19-18-14-11-7-3-5-10-6-4-8-12(13(10)11)15(14)20/h2-8H,1,9H2,(H2,17,19,21). The molecule has 0 bridgehead atoms. The average molecular weight is 295 g/mol. The number of nitrogens with zero attached hydrogens (tertiary/aromatic N) is 1. The van der Waals surface area contributed by atoms with Gasteiger partial charge >= 0.3 is 0 Å². The minimum atomic E-state index is -0.0826. The highest BCUT2D eigenvalue weighted by Gasteiger charge is 2.28. The molecule has 104 valence electrons. The van der Waals surface area contributed by atoms with Crippen LogP contribution >= 0.6 is 12.2 Å². The SMILES string of the molecule is C=CCNC(=S)NN=C1C(=O)c2cccc3cccc1c23. The third kappa shape index (κ3) is 2.32. The van der Waals surface area contributed by atoms with Gasteiger partial charge in [-0.1, -0.05) is 42.5 Å². The lowest BCUT2D eigenvalue weighted by Crippen LogP contribution is -2.33. The minimum Gasteiger partial charge on any atom is -0.358 e. The highest BCUT2D eigenvalue weighted by Crippen LogP contribution is 2.30. The van der Waals surface area contributed by atoms with Crippen molar-refractivity contribution in [3.8, 4) is 0 Å². The van der Waals surface area contributed by atoms with Crippen LogP contribution in [0.15, 0.2) is 54.2 Å². The molecule has 0 radical (unpaired) electrons. The Labute approximate surface area is 127 Å². The highest BCUT2D eigenvalue weighted by molar-refractivity contribution is 7.80. The van der Waals surface area contributed by atoms with Gasteiger partial charge in [-0.3, -0.25) is 10.2 Å². The Morgan fingerprint density at radius 1 is 1.24 bits per heavy atom. The molecule has 0 unspecified atom stereocenters.